The lowest BCUT2D eigenvalue weighted by molar-refractivity contribution is 0.956. The van der Waals surface area contributed by atoms with E-state index in [-0.39, 0.29) is 0 Å². The van der Waals surface area contributed by atoms with Gasteiger partial charge in [0.1, 0.15) is 5.65 Å². The highest BCUT2D eigenvalue weighted by Gasteiger charge is 2.15. The molecule has 0 aliphatic heterocycles. The van der Waals surface area contributed by atoms with E-state index in [1.165, 1.54) is 32.7 Å². The summed E-state index contributed by atoms with van der Waals surface area (Å²) in [5, 5.41) is 1.31. The maximum Gasteiger partial charge on any atom is 0.137 e. The lowest BCUT2D eigenvalue weighted by Gasteiger charge is -2.04. The highest BCUT2D eigenvalue weighted by atomic mass is 32.1. The first-order chi connectivity index (χ1) is 10.8. The van der Waals surface area contributed by atoms with E-state index in [2.05, 4.69) is 54.8 Å². The molecule has 4 aromatic rings. The van der Waals surface area contributed by atoms with Crippen molar-refractivity contribution in [2.45, 2.75) is 26.7 Å². The molecule has 110 valence electrons. The first kappa shape index (κ1) is 13.5. The van der Waals surface area contributed by atoms with Crippen LogP contribution < -0.4 is 0 Å². The summed E-state index contributed by atoms with van der Waals surface area (Å²) >= 11 is 1.59. The fourth-order valence-electron chi connectivity index (χ4n) is 3.08. The van der Waals surface area contributed by atoms with Crippen LogP contribution in [-0.4, -0.2) is 13.8 Å². The van der Waals surface area contributed by atoms with Crippen molar-refractivity contribution in [1.29, 1.82) is 0 Å². The molecule has 0 saturated heterocycles. The Balaban J connectivity index is 1.89. The first-order valence-electron chi connectivity index (χ1n) is 7.56. The van der Waals surface area contributed by atoms with E-state index >= 15 is 0 Å². The molecule has 1 aromatic carbocycles. The van der Waals surface area contributed by atoms with E-state index in [1.807, 2.05) is 6.07 Å². The number of aryl methyl sites for hydroxylation is 2. The third-order valence-electron chi connectivity index (χ3n) is 4.16. The van der Waals surface area contributed by atoms with Crippen LogP contribution in [0.4, 0.5) is 0 Å². The van der Waals surface area contributed by atoms with Crippen molar-refractivity contribution in [3.8, 4) is 0 Å². The molecule has 0 fully saturated rings. The summed E-state index contributed by atoms with van der Waals surface area (Å²) in [6, 6.07) is 12.6. The third kappa shape index (κ3) is 2.03. The number of benzene rings is 1. The fraction of sp³-hybridized carbons (Fsp3) is 0.222. The van der Waals surface area contributed by atoms with Crippen LogP contribution >= 0.6 is 11.5 Å². The molecule has 3 nitrogen and oxygen atoms in total. The van der Waals surface area contributed by atoms with Crippen LogP contribution in [0.5, 0.6) is 0 Å². The molecule has 0 aliphatic rings. The average Bonchev–Trinajstić information content (AvgIpc) is 3.11. The number of hydrogen-bond donors (Lipinski definition) is 0. The minimum atomic E-state index is 0.833. The average molecular weight is 307 g/mol. The first-order valence-corrected chi connectivity index (χ1v) is 8.34. The van der Waals surface area contributed by atoms with Crippen molar-refractivity contribution in [2.24, 2.45) is 0 Å². The van der Waals surface area contributed by atoms with Crippen LogP contribution in [0.25, 0.3) is 15.7 Å². The normalized spacial score (nSPS) is 11.5. The topological polar surface area (TPSA) is 30.2 Å². The number of aromatic nitrogens is 3. The molecule has 0 bridgehead atoms. The molecule has 3 heterocycles. The van der Waals surface area contributed by atoms with Gasteiger partial charge < -0.3 is 4.40 Å². The Kier molecular flexibility index (Phi) is 3.19. The summed E-state index contributed by atoms with van der Waals surface area (Å²) in [5.41, 5.74) is 5.91. The van der Waals surface area contributed by atoms with Gasteiger partial charge in [-0.1, -0.05) is 25.1 Å². The van der Waals surface area contributed by atoms with E-state index in [4.69, 9.17) is 9.36 Å². The molecule has 4 heteroatoms. The van der Waals surface area contributed by atoms with Crippen LogP contribution in [0.3, 0.4) is 0 Å². The van der Waals surface area contributed by atoms with E-state index in [0.29, 0.717) is 0 Å². The Hall–Kier alpha value is -2.20. The Morgan fingerprint density at radius 2 is 2.00 bits per heavy atom. The van der Waals surface area contributed by atoms with Gasteiger partial charge in [0.05, 0.1) is 21.8 Å². The summed E-state index contributed by atoms with van der Waals surface area (Å²) in [6.45, 7) is 4.32. The van der Waals surface area contributed by atoms with Crippen molar-refractivity contribution in [1.82, 2.24) is 13.8 Å². The quantitative estimate of drug-likeness (QED) is 0.561. The number of imidazole rings is 1. The molecular weight excluding hydrogens is 290 g/mol. The van der Waals surface area contributed by atoms with Gasteiger partial charge in [-0.25, -0.2) is 4.98 Å². The number of nitrogens with zero attached hydrogens (tertiary/aromatic N) is 3. The monoisotopic (exact) mass is 307 g/mol. The van der Waals surface area contributed by atoms with Gasteiger partial charge >= 0.3 is 0 Å². The third-order valence-corrected chi connectivity index (χ3v) is 5.01. The molecule has 0 amide bonds. The van der Waals surface area contributed by atoms with Crippen LogP contribution in [0.2, 0.25) is 0 Å². The van der Waals surface area contributed by atoms with Crippen molar-refractivity contribution in [3.05, 3.63) is 65.2 Å². The van der Waals surface area contributed by atoms with Gasteiger partial charge in [0.25, 0.3) is 0 Å². The number of hydrogen-bond acceptors (Lipinski definition) is 3. The second-order valence-electron chi connectivity index (χ2n) is 5.54. The Morgan fingerprint density at radius 1 is 1.09 bits per heavy atom. The van der Waals surface area contributed by atoms with Crippen LogP contribution in [-0.2, 0) is 12.8 Å². The molecule has 0 spiro atoms. The van der Waals surface area contributed by atoms with Crippen LogP contribution in [0.1, 0.15) is 29.6 Å². The highest BCUT2D eigenvalue weighted by molar-refractivity contribution is 7.13. The highest BCUT2D eigenvalue weighted by Crippen LogP contribution is 2.28. The molecule has 0 unspecified atom stereocenters. The van der Waals surface area contributed by atoms with E-state index in [9.17, 15) is 0 Å². The predicted molar refractivity (Wildman–Crippen MR) is 91.7 cm³/mol. The molecule has 0 N–H and O–H groups in total. The van der Waals surface area contributed by atoms with Crippen LogP contribution in [0, 0.1) is 6.92 Å². The predicted octanol–water partition coefficient (Wildman–Crippen LogP) is 4.41. The number of fused-ring (bicyclic) bond motifs is 2. The van der Waals surface area contributed by atoms with Gasteiger partial charge in [0, 0.05) is 18.0 Å². The summed E-state index contributed by atoms with van der Waals surface area (Å²) in [5.74, 6) is 0. The van der Waals surface area contributed by atoms with E-state index in [0.717, 1.165) is 18.5 Å². The van der Waals surface area contributed by atoms with Gasteiger partial charge in [-0.15, -0.1) is 0 Å². The van der Waals surface area contributed by atoms with Gasteiger partial charge in [-0.05, 0) is 48.6 Å². The summed E-state index contributed by atoms with van der Waals surface area (Å²) in [4.78, 5) is 4.75. The van der Waals surface area contributed by atoms with Gasteiger partial charge in [-0.2, -0.15) is 4.37 Å². The second-order valence-corrected chi connectivity index (χ2v) is 6.35. The molecule has 0 atom stereocenters. The largest absolute Gasteiger partial charge is 0.303 e. The smallest absolute Gasteiger partial charge is 0.137 e. The zero-order valence-corrected chi connectivity index (χ0v) is 13.5. The van der Waals surface area contributed by atoms with E-state index < -0.39 is 0 Å². The molecule has 3 aromatic heterocycles. The van der Waals surface area contributed by atoms with Gasteiger partial charge in [0.15, 0.2) is 0 Å². The molecular formula is C18H17N3S. The Morgan fingerprint density at radius 3 is 2.86 bits per heavy atom. The molecule has 0 aliphatic carbocycles. The fourth-order valence-corrected chi connectivity index (χ4v) is 3.96. The molecule has 0 radical (unpaired) electrons. The maximum absolute atomic E-state index is 4.75. The van der Waals surface area contributed by atoms with Crippen molar-refractivity contribution < 1.29 is 0 Å². The van der Waals surface area contributed by atoms with Gasteiger partial charge in [0.2, 0.25) is 0 Å². The SMILES string of the molecule is CCc1nc2ccccn2c1Cc1nsc2cccc(C)c12. The van der Waals surface area contributed by atoms with Crippen LogP contribution in [0.15, 0.2) is 42.6 Å². The molecule has 4 rings (SSSR count). The number of rotatable bonds is 3. The minimum absolute atomic E-state index is 0.833. The maximum atomic E-state index is 4.75. The van der Waals surface area contributed by atoms with E-state index in [1.54, 1.807) is 11.5 Å². The zero-order chi connectivity index (χ0) is 15.1. The second kappa shape index (κ2) is 5.21. The lowest BCUT2D eigenvalue weighted by Crippen LogP contribution is -1.98. The molecule has 22 heavy (non-hydrogen) atoms. The van der Waals surface area contributed by atoms with Crippen molar-refractivity contribution in [2.75, 3.05) is 0 Å². The molecule has 0 saturated carbocycles. The Labute approximate surface area is 133 Å². The van der Waals surface area contributed by atoms with Gasteiger partial charge in [-0.3, -0.25) is 0 Å². The number of pyridine rings is 1. The van der Waals surface area contributed by atoms with Crippen molar-refractivity contribution in [3.63, 3.8) is 0 Å². The zero-order valence-electron chi connectivity index (χ0n) is 12.7. The summed E-state index contributed by atoms with van der Waals surface area (Å²) in [6.07, 6.45) is 3.87. The summed E-state index contributed by atoms with van der Waals surface area (Å²) < 4.78 is 8.18. The van der Waals surface area contributed by atoms with Crippen molar-refractivity contribution >= 4 is 27.3 Å². The standard InChI is InChI=1S/C18H17N3S/c1-3-13-15(21-10-5-4-9-17(21)19-13)11-14-18-12(2)7-6-8-16(18)22-20-14/h4-10H,3,11H2,1-2H3. The summed E-state index contributed by atoms with van der Waals surface area (Å²) in [7, 11) is 0. The lowest BCUT2D eigenvalue weighted by atomic mass is 10.1. The Bertz CT molecular complexity index is 965. The minimum Gasteiger partial charge on any atom is -0.303 e.